The topological polar surface area (TPSA) is 61.0 Å². The first-order valence-electron chi connectivity index (χ1n) is 6.17. The molecular weight excluding hydrogens is 346 g/mol. The summed E-state index contributed by atoms with van der Waals surface area (Å²) in [7, 11) is 0. The number of aromatic nitrogens is 2. The molecule has 1 aromatic carbocycles. The van der Waals surface area contributed by atoms with E-state index in [0.717, 1.165) is 16.5 Å². The lowest BCUT2D eigenvalue weighted by Gasteiger charge is -2.04. The molecule has 0 aliphatic rings. The Hall–Kier alpha value is -1.40. The molecule has 2 rings (SSSR count). The Morgan fingerprint density at radius 3 is 2.75 bits per heavy atom. The van der Waals surface area contributed by atoms with Gasteiger partial charge in [-0.1, -0.05) is 59.1 Å². The zero-order valence-electron chi connectivity index (χ0n) is 10.8. The first kappa shape index (κ1) is 15.0. The van der Waals surface area contributed by atoms with E-state index in [1.54, 1.807) is 0 Å². The van der Waals surface area contributed by atoms with Gasteiger partial charge in [-0.25, -0.2) is 4.68 Å². The van der Waals surface area contributed by atoms with Crippen LogP contribution < -0.4 is 0 Å². The predicted molar refractivity (Wildman–Crippen MR) is 81.1 cm³/mol. The molecule has 106 valence electrons. The molecule has 0 saturated carbocycles. The highest BCUT2D eigenvalue weighted by molar-refractivity contribution is 9.10. The number of halogens is 2. The van der Waals surface area contributed by atoms with Crippen LogP contribution in [0, 0.1) is 10.1 Å². The molecule has 0 fully saturated rings. The van der Waals surface area contributed by atoms with Crippen molar-refractivity contribution in [1.29, 1.82) is 0 Å². The standard InChI is InChI=1S/C13H13BrClN3O2/c1-2-5-11-12(18(19)20)13(15)17(16-11)8-9-6-3-4-7-10(9)14/h3-4,6-7H,2,5,8H2,1H3. The van der Waals surface area contributed by atoms with Crippen molar-refractivity contribution in [3.05, 3.63) is 55.3 Å². The zero-order valence-corrected chi connectivity index (χ0v) is 13.2. The molecule has 0 aliphatic heterocycles. The maximum absolute atomic E-state index is 11.1. The highest BCUT2D eigenvalue weighted by Gasteiger charge is 2.26. The van der Waals surface area contributed by atoms with Crippen molar-refractivity contribution in [3.8, 4) is 0 Å². The van der Waals surface area contributed by atoms with Gasteiger partial charge < -0.3 is 0 Å². The summed E-state index contributed by atoms with van der Waals surface area (Å²) < 4.78 is 2.40. The zero-order chi connectivity index (χ0) is 14.7. The van der Waals surface area contributed by atoms with Crippen LogP contribution in [0.1, 0.15) is 24.6 Å². The Morgan fingerprint density at radius 2 is 2.15 bits per heavy atom. The quantitative estimate of drug-likeness (QED) is 0.594. The molecule has 1 aromatic heterocycles. The number of aryl methyl sites for hydroxylation is 1. The molecule has 0 N–H and O–H groups in total. The smallest absolute Gasteiger partial charge is 0.258 e. The fourth-order valence-corrected chi connectivity index (χ4v) is 2.64. The van der Waals surface area contributed by atoms with Crippen LogP contribution in [0.2, 0.25) is 5.15 Å². The Kier molecular flexibility index (Phi) is 4.77. The van der Waals surface area contributed by atoms with Gasteiger partial charge >= 0.3 is 5.69 Å². The van der Waals surface area contributed by atoms with Crippen molar-refractivity contribution < 1.29 is 4.92 Å². The Balaban J connectivity index is 2.40. The van der Waals surface area contributed by atoms with E-state index in [2.05, 4.69) is 21.0 Å². The van der Waals surface area contributed by atoms with Crippen LogP contribution in [0.3, 0.4) is 0 Å². The van der Waals surface area contributed by atoms with Crippen molar-refractivity contribution in [3.63, 3.8) is 0 Å². The summed E-state index contributed by atoms with van der Waals surface area (Å²) >= 11 is 9.55. The molecule has 0 unspecified atom stereocenters. The number of nitro groups is 1. The molecule has 1 heterocycles. The minimum absolute atomic E-state index is 0.0780. The average Bonchev–Trinajstić information content (AvgIpc) is 2.69. The summed E-state index contributed by atoms with van der Waals surface area (Å²) in [5, 5.41) is 15.5. The number of hydrogen-bond acceptors (Lipinski definition) is 3. The van der Waals surface area contributed by atoms with E-state index < -0.39 is 4.92 Å². The Morgan fingerprint density at radius 1 is 1.45 bits per heavy atom. The van der Waals surface area contributed by atoms with Gasteiger partial charge in [0, 0.05) is 4.47 Å². The van der Waals surface area contributed by atoms with Crippen LogP contribution in [-0.4, -0.2) is 14.7 Å². The molecule has 0 saturated heterocycles. The van der Waals surface area contributed by atoms with E-state index in [9.17, 15) is 10.1 Å². The molecule has 0 radical (unpaired) electrons. The third-order valence-electron chi connectivity index (χ3n) is 2.88. The first-order chi connectivity index (χ1) is 9.54. The molecule has 0 amide bonds. The van der Waals surface area contributed by atoms with Crippen molar-refractivity contribution in [1.82, 2.24) is 9.78 Å². The van der Waals surface area contributed by atoms with Gasteiger partial charge in [0.25, 0.3) is 0 Å². The fraction of sp³-hybridized carbons (Fsp3) is 0.308. The van der Waals surface area contributed by atoms with Gasteiger partial charge in [-0.05, 0) is 18.1 Å². The van der Waals surface area contributed by atoms with Crippen LogP contribution in [0.15, 0.2) is 28.7 Å². The van der Waals surface area contributed by atoms with Crippen LogP contribution in [0.4, 0.5) is 5.69 Å². The molecule has 5 nitrogen and oxygen atoms in total. The third-order valence-corrected chi connectivity index (χ3v) is 4.03. The minimum Gasteiger partial charge on any atom is -0.258 e. The molecule has 0 bridgehead atoms. The van der Waals surface area contributed by atoms with E-state index in [-0.39, 0.29) is 10.8 Å². The van der Waals surface area contributed by atoms with Crippen LogP contribution in [0.5, 0.6) is 0 Å². The van der Waals surface area contributed by atoms with E-state index in [1.165, 1.54) is 4.68 Å². The maximum Gasteiger partial charge on any atom is 0.329 e. The normalized spacial score (nSPS) is 10.8. The van der Waals surface area contributed by atoms with Crippen molar-refractivity contribution >= 4 is 33.2 Å². The maximum atomic E-state index is 11.1. The molecule has 0 spiro atoms. The summed E-state index contributed by atoms with van der Waals surface area (Å²) in [6.45, 7) is 2.34. The second kappa shape index (κ2) is 6.37. The molecule has 0 atom stereocenters. The minimum atomic E-state index is -0.461. The third kappa shape index (κ3) is 3.02. The van der Waals surface area contributed by atoms with Gasteiger partial charge in [0.05, 0.1) is 11.5 Å². The van der Waals surface area contributed by atoms with Crippen LogP contribution in [0.25, 0.3) is 0 Å². The van der Waals surface area contributed by atoms with Crippen molar-refractivity contribution in [2.24, 2.45) is 0 Å². The lowest BCUT2D eigenvalue weighted by molar-refractivity contribution is -0.385. The second-order valence-corrected chi connectivity index (χ2v) is 5.55. The molecule has 20 heavy (non-hydrogen) atoms. The van der Waals surface area contributed by atoms with E-state index in [0.29, 0.717) is 18.7 Å². The highest BCUT2D eigenvalue weighted by Crippen LogP contribution is 2.30. The number of nitrogens with zero attached hydrogens (tertiary/aromatic N) is 3. The fourth-order valence-electron chi connectivity index (χ4n) is 1.96. The van der Waals surface area contributed by atoms with Gasteiger partial charge in [-0.15, -0.1) is 0 Å². The van der Waals surface area contributed by atoms with Gasteiger partial charge in [0.15, 0.2) is 0 Å². The van der Waals surface area contributed by atoms with E-state index in [4.69, 9.17) is 11.6 Å². The summed E-state index contributed by atoms with van der Waals surface area (Å²) in [6.07, 6.45) is 1.32. The highest BCUT2D eigenvalue weighted by atomic mass is 79.9. The number of hydrogen-bond donors (Lipinski definition) is 0. The molecule has 2 aromatic rings. The summed E-state index contributed by atoms with van der Waals surface area (Å²) in [6, 6.07) is 7.64. The van der Waals surface area contributed by atoms with E-state index in [1.807, 2.05) is 31.2 Å². The summed E-state index contributed by atoms with van der Waals surface area (Å²) in [5.41, 5.74) is 1.32. The SMILES string of the molecule is CCCc1nn(Cc2ccccc2Br)c(Cl)c1[N+](=O)[O-]. The lowest BCUT2D eigenvalue weighted by Crippen LogP contribution is -2.03. The Labute approximate surface area is 129 Å². The number of benzene rings is 1. The first-order valence-corrected chi connectivity index (χ1v) is 7.34. The Bertz CT molecular complexity index is 643. The molecular formula is C13H13BrClN3O2. The molecule has 7 heteroatoms. The summed E-state index contributed by atoms with van der Waals surface area (Å²) in [5.74, 6) is 0. The van der Waals surface area contributed by atoms with Gasteiger partial charge in [0.2, 0.25) is 5.15 Å². The summed E-state index contributed by atoms with van der Waals surface area (Å²) in [4.78, 5) is 10.6. The van der Waals surface area contributed by atoms with Gasteiger partial charge in [-0.3, -0.25) is 10.1 Å². The van der Waals surface area contributed by atoms with Crippen LogP contribution >= 0.6 is 27.5 Å². The monoisotopic (exact) mass is 357 g/mol. The van der Waals surface area contributed by atoms with Crippen LogP contribution in [-0.2, 0) is 13.0 Å². The average molecular weight is 359 g/mol. The van der Waals surface area contributed by atoms with Gasteiger partial charge in [0.1, 0.15) is 5.69 Å². The van der Waals surface area contributed by atoms with Gasteiger partial charge in [-0.2, -0.15) is 5.10 Å². The lowest BCUT2D eigenvalue weighted by atomic mass is 10.2. The van der Waals surface area contributed by atoms with E-state index >= 15 is 0 Å². The predicted octanol–water partition coefficient (Wildman–Crippen LogP) is 4.21. The van der Waals surface area contributed by atoms with Crippen molar-refractivity contribution in [2.75, 3.05) is 0 Å². The largest absolute Gasteiger partial charge is 0.329 e. The number of rotatable bonds is 5. The second-order valence-electron chi connectivity index (χ2n) is 4.34. The van der Waals surface area contributed by atoms with Crippen molar-refractivity contribution in [2.45, 2.75) is 26.3 Å². The molecule has 0 aliphatic carbocycles.